The normalized spacial score (nSPS) is 11.3. The maximum absolute atomic E-state index is 11.6. The molecule has 0 saturated heterocycles. The lowest BCUT2D eigenvalue weighted by Crippen LogP contribution is -2.26. The van der Waals surface area contributed by atoms with E-state index >= 15 is 0 Å². The van der Waals surface area contributed by atoms with Crippen molar-refractivity contribution >= 4 is 27.5 Å². The van der Waals surface area contributed by atoms with Gasteiger partial charge in [-0.3, -0.25) is 4.79 Å². The molecule has 0 aliphatic heterocycles. The van der Waals surface area contributed by atoms with E-state index in [1.54, 1.807) is 24.3 Å². The van der Waals surface area contributed by atoms with Crippen molar-refractivity contribution in [1.82, 2.24) is 5.32 Å². The highest BCUT2D eigenvalue weighted by Gasteiger charge is 2.07. The first-order chi connectivity index (χ1) is 9.93. The Hall–Kier alpha value is -1.01. The van der Waals surface area contributed by atoms with Gasteiger partial charge in [0.1, 0.15) is 0 Å². The van der Waals surface area contributed by atoms with Crippen molar-refractivity contribution in [1.29, 1.82) is 0 Å². The SMILES string of the molecule is CCCCCCNC(=O)CSc1ccc(S(C)(=O)=O)cc1. The van der Waals surface area contributed by atoms with Crippen LogP contribution in [0.15, 0.2) is 34.1 Å². The fourth-order valence-electron chi connectivity index (χ4n) is 1.76. The third-order valence-corrected chi connectivity index (χ3v) is 5.11. The summed E-state index contributed by atoms with van der Waals surface area (Å²) in [5, 5.41) is 2.89. The minimum absolute atomic E-state index is 0.0173. The van der Waals surface area contributed by atoms with E-state index in [1.807, 2.05) is 0 Å². The zero-order chi connectivity index (χ0) is 15.7. The number of sulfone groups is 1. The summed E-state index contributed by atoms with van der Waals surface area (Å²) in [6.45, 7) is 2.89. The number of carbonyl (C=O) groups excluding carboxylic acids is 1. The number of carbonyl (C=O) groups is 1. The summed E-state index contributed by atoms with van der Waals surface area (Å²) in [7, 11) is -3.16. The molecule has 0 saturated carbocycles. The van der Waals surface area contributed by atoms with Crippen molar-refractivity contribution in [3.05, 3.63) is 24.3 Å². The largest absolute Gasteiger partial charge is 0.355 e. The van der Waals surface area contributed by atoms with Crippen molar-refractivity contribution in [2.45, 2.75) is 42.4 Å². The van der Waals surface area contributed by atoms with E-state index in [9.17, 15) is 13.2 Å². The molecule has 1 amide bonds. The van der Waals surface area contributed by atoms with Crippen LogP contribution in [0.2, 0.25) is 0 Å². The Bertz CT molecular complexity index is 539. The Morgan fingerprint density at radius 1 is 1.14 bits per heavy atom. The number of rotatable bonds is 9. The quantitative estimate of drug-likeness (QED) is 0.559. The molecule has 0 aliphatic carbocycles. The number of thioether (sulfide) groups is 1. The van der Waals surface area contributed by atoms with Gasteiger partial charge in [-0.05, 0) is 30.7 Å². The third kappa shape index (κ3) is 7.52. The lowest BCUT2D eigenvalue weighted by atomic mass is 10.2. The molecular formula is C15H23NO3S2. The molecule has 6 heteroatoms. The molecule has 118 valence electrons. The molecule has 1 aromatic carbocycles. The molecule has 1 N–H and O–H groups in total. The third-order valence-electron chi connectivity index (χ3n) is 2.97. The van der Waals surface area contributed by atoms with E-state index in [1.165, 1.54) is 30.9 Å². The molecular weight excluding hydrogens is 306 g/mol. The van der Waals surface area contributed by atoms with Gasteiger partial charge in [0, 0.05) is 17.7 Å². The predicted octanol–water partition coefficient (Wildman–Crippen LogP) is 2.88. The van der Waals surface area contributed by atoms with Crippen LogP contribution in [0.25, 0.3) is 0 Å². The van der Waals surface area contributed by atoms with Gasteiger partial charge in [0.15, 0.2) is 9.84 Å². The van der Waals surface area contributed by atoms with Crippen LogP contribution in [-0.2, 0) is 14.6 Å². The molecule has 4 nitrogen and oxygen atoms in total. The second-order valence-corrected chi connectivity index (χ2v) is 8.01. The van der Waals surface area contributed by atoms with Crippen molar-refractivity contribution < 1.29 is 13.2 Å². The number of benzene rings is 1. The summed E-state index contributed by atoms with van der Waals surface area (Å²) in [5.74, 6) is 0.370. The lowest BCUT2D eigenvalue weighted by Gasteiger charge is -2.05. The van der Waals surface area contributed by atoms with Crippen LogP contribution < -0.4 is 5.32 Å². The second kappa shape index (κ2) is 9.10. The first-order valence-electron chi connectivity index (χ1n) is 7.13. The number of hydrogen-bond acceptors (Lipinski definition) is 4. The Labute approximate surface area is 131 Å². The molecule has 21 heavy (non-hydrogen) atoms. The first kappa shape index (κ1) is 18.0. The highest BCUT2D eigenvalue weighted by molar-refractivity contribution is 8.00. The maximum atomic E-state index is 11.6. The van der Waals surface area contributed by atoms with Crippen molar-refractivity contribution in [3.8, 4) is 0 Å². The van der Waals surface area contributed by atoms with Crippen LogP contribution in [0, 0.1) is 0 Å². The lowest BCUT2D eigenvalue weighted by molar-refractivity contribution is -0.118. The van der Waals surface area contributed by atoms with Crippen LogP contribution in [-0.4, -0.2) is 32.9 Å². The molecule has 0 bridgehead atoms. The Morgan fingerprint density at radius 3 is 2.38 bits per heavy atom. The molecule has 0 aromatic heterocycles. The molecule has 0 spiro atoms. The second-order valence-electron chi connectivity index (χ2n) is 4.94. The summed E-state index contributed by atoms with van der Waals surface area (Å²) >= 11 is 1.41. The van der Waals surface area contributed by atoms with E-state index in [4.69, 9.17) is 0 Å². The van der Waals surface area contributed by atoms with E-state index < -0.39 is 9.84 Å². The van der Waals surface area contributed by atoms with Crippen molar-refractivity contribution in [3.63, 3.8) is 0 Å². The average molecular weight is 329 g/mol. The first-order valence-corrected chi connectivity index (χ1v) is 10.0. The van der Waals surface area contributed by atoms with E-state index in [0.29, 0.717) is 10.6 Å². The van der Waals surface area contributed by atoms with E-state index in [-0.39, 0.29) is 5.91 Å². The van der Waals surface area contributed by atoms with Gasteiger partial charge in [0.2, 0.25) is 5.91 Å². The van der Waals surface area contributed by atoms with Gasteiger partial charge in [-0.15, -0.1) is 11.8 Å². The van der Waals surface area contributed by atoms with Crippen LogP contribution in [0.4, 0.5) is 0 Å². The van der Waals surface area contributed by atoms with Gasteiger partial charge in [0.25, 0.3) is 0 Å². The summed E-state index contributed by atoms with van der Waals surface area (Å²) in [4.78, 5) is 12.8. The standard InChI is InChI=1S/C15H23NO3S2/c1-3-4-5-6-11-16-15(17)12-20-13-7-9-14(10-8-13)21(2,18)19/h7-10H,3-6,11-12H2,1-2H3,(H,16,17). The van der Waals surface area contributed by atoms with E-state index in [2.05, 4.69) is 12.2 Å². The van der Waals surface area contributed by atoms with Gasteiger partial charge >= 0.3 is 0 Å². The summed E-state index contributed by atoms with van der Waals surface area (Å²) in [6, 6.07) is 6.60. The number of hydrogen-bond donors (Lipinski definition) is 1. The molecule has 0 radical (unpaired) electrons. The number of unbranched alkanes of at least 4 members (excludes halogenated alkanes) is 3. The highest BCUT2D eigenvalue weighted by atomic mass is 32.2. The van der Waals surface area contributed by atoms with Crippen LogP contribution in [0.3, 0.4) is 0 Å². The monoisotopic (exact) mass is 329 g/mol. The molecule has 0 heterocycles. The highest BCUT2D eigenvalue weighted by Crippen LogP contribution is 2.19. The van der Waals surface area contributed by atoms with Gasteiger partial charge < -0.3 is 5.32 Å². The fraction of sp³-hybridized carbons (Fsp3) is 0.533. The Balaban J connectivity index is 2.30. The molecule has 1 aromatic rings. The minimum Gasteiger partial charge on any atom is -0.355 e. The smallest absolute Gasteiger partial charge is 0.230 e. The summed E-state index contributed by atoms with van der Waals surface area (Å²) < 4.78 is 22.7. The zero-order valence-corrected chi connectivity index (χ0v) is 14.2. The van der Waals surface area contributed by atoms with Gasteiger partial charge in [-0.2, -0.15) is 0 Å². The Morgan fingerprint density at radius 2 is 1.81 bits per heavy atom. The molecule has 0 aliphatic rings. The summed E-state index contributed by atoms with van der Waals surface area (Å²) in [6.07, 6.45) is 5.75. The molecule has 0 fully saturated rings. The van der Waals surface area contributed by atoms with Crippen molar-refractivity contribution in [2.75, 3.05) is 18.6 Å². The Kier molecular flexibility index (Phi) is 7.82. The predicted molar refractivity (Wildman–Crippen MR) is 87.4 cm³/mol. The van der Waals surface area contributed by atoms with Gasteiger partial charge in [0.05, 0.1) is 10.6 Å². The molecule has 0 atom stereocenters. The zero-order valence-electron chi connectivity index (χ0n) is 12.6. The maximum Gasteiger partial charge on any atom is 0.230 e. The van der Waals surface area contributed by atoms with Crippen LogP contribution >= 0.6 is 11.8 Å². The topological polar surface area (TPSA) is 63.2 Å². The van der Waals surface area contributed by atoms with Crippen LogP contribution in [0.5, 0.6) is 0 Å². The molecule has 1 rings (SSSR count). The van der Waals surface area contributed by atoms with Crippen molar-refractivity contribution in [2.24, 2.45) is 0 Å². The molecule has 0 unspecified atom stereocenters. The van der Waals surface area contributed by atoms with Gasteiger partial charge in [-0.1, -0.05) is 26.2 Å². The fourth-order valence-corrected chi connectivity index (χ4v) is 3.12. The van der Waals surface area contributed by atoms with Gasteiger partial charge in [-0.25, -0.2) is 8.42 Å². The number of amides is 1. The number of nitrogens with one attached hydrogen (secondary N) is 1. The minimum atomic E-state index is -3.16. The van der Waals surface area contributed by atoms with Crippen LogP contribution in [0.1, 0.15) is 32.6 Å². The average Bonchev–Trinajstić information content (AvgIpc) is 2.44. The van der Waals surface area contributed by atoms with E-state index in [0.717, 1.165) is 24.3 Å². The summed E-state index contributed by atoms with van der Waals surface area (Å²) in [5.41, 5.74) is 0.